The van der Waals surface area contributed by atoms with Gasteiger partial charge in [0.15, 0.2) is 11.8 Å². The Morgan fingerprint density at radius 2 is 1.64 bits per heavy atom. The number of nitrogens with zero attached hydrogens (tertiary/aromatic N) is 9. The van der Waals surface area contributed by atoms with E-state index in [1.165, 1.54) is 4.90 Å². The van der Waals surface area contributed by atoms with E-state index in [1.54, 1.807) is 26.2 Å². The number of methoxy groups -OCH3 is 2. The number of tetrazole rings is 1. The van der Waals surface area contributed by atoms with E-state index in [2.05, 4.69) is 39.8 Å². The molecule has 1 aromatic heterocycles. The van der Waals surface area contributed by atoms with Crippen LogP contribution >= 0.6 is 0 Å². The standard InChI is InChI=1S/C41H67N11O7/c1-11-27(4)35(49(8)39(55)34(26(2)3)43-40(48(6)7)50-20-22-51(23-21-50)41(56)57)32(58-9)25-33(53)52-19-15-18-31(52)36(59-10)28(5)38(54)42-30(37-44-46-47-45-37)24-29-16-13-12-14-17-29/h12-14,16-17,26-28,30-32,34-36H,11,15,18-25H2,1-10H3,(H,42,54)(H,56,57)(H,44,45,46,47)/b43-40-/t27-,28+,30-,31-,32-,34-,35-,36+/m0/s1. The number of likely N-dealkylation sites (N-methyl/N-ethyl adjacent to an activating group) is 1. The van der Waals surface area contributed by atoms with Crippen molar-refractivity contribution in [1.29, 1.82) is 0 Å². The van der Waals surface area contributed by atoms with Gasteiger partial charge in [0.25, 0.3) is 0 Å². The molecule has 4 rings (SSSR count). The summed E-state index contributed by atoms with van der Waals surface area (Å²) >= 11 is 0. The first kappa shape index (κ1) is 46.8. The Labute approximate surface area is 349 Å². The van der Waals surface area contributed by atoms with Gasteiger partial charge in [0.2, 0.25) is 17.7 Å². The van der Waals surface area contributed by atoms with Crippen LogP contribution in [-0.4, -0.2) is 178 Å². The van der Waals surface area contributed by atoms with E-state index in [1.807, 2.05) is 79.9 Å². The Bertz CT molecular complexity index is 1670. The Morgan fingerprint density at radius 1 is 0.983 bits per heavy atom. The van der Waals surface area contributed by atoms with Gasteiger partial charge in [-0.15, -0.1) is 10.2 Å². The number of carbonyl (C=O) groups is 4. The van der Waals surface area contributed by atoms with E-state index < -0.39 is 42.3 Å². The number of ether oxygens (including phenoxy) is 2. The fourth-order valence-corrected chi connectivity index (χ4v) is 8.38. The van der Waals surface area contributed by atoms with Crippen molar-refractivity contribution in [3.05, 3.63) is 41.7 Å². The van der Waals surface area contributed by atoms with Crippen LogP contribution in [0.4, 0.5) is 4.79 Å². The first-order chi connectivity index (χ1) is 28.1. The molecule has 18 nitrogen and oxygen atoms in total. The monoisotopic (exact) mass is 826 g/mol. The second-order valence-electron chi connectivity index (χ2n) is 16.4. The van der Waals surface area contributed by atoms with Crippen LogP contribution in [0.5, 0.6) is 0 Å². The quantitative estimate of drug-likeness (QED) is 0.147. The van der Waals surface area contributed by atoms with Crippen LogP contribution in [0.2, 0.25) is 0 Å². The maximum Gasteiger partial charge on any atom is 0.407 e. The molecule has 0 unspecified atom stereocenters. The molecule has 328 valence electrons. The predicted molar refractivity (Wildman–Crippen MR) is 222 cm³/mol. The summed E-state index contributed by atoms with van der Waals surface area (Å²) < 4.78 is 12.1. The highest BCUT2D eigenvalue weighted by molar-refractivity contribution is 5.88. The maximum absolute atomic E-state index is 14.5. The fraction of sp³-hybridized carbons (Fsp3) is 0.707. The Balaban J connectivity index is 1.51. The summed E-state index contributed by atoms with van der Waals surface area (Å²) in [5.41, 5.74) is 1.00. The largest absolute Gasteiger partial charge is 0.465 e. The Morgan fingerprint density at radius 3 is 2.19 bits per heavy atom. The molecule has 3 N–H and O–H groups in total. The molecule has 3 heterocycles. The number of benzene rings is 1. The first-order valence-corrected chi connectivity index (χ1v) is 20.8. The minimum absolute atomic E-state index is 0.0243. The summed E-state index contributed by atoms with van der Waals surface area (Å²) in [6, 6.07) is 7.68. The van der Waals surface area contributed by atoms with Gasteiger partial charge in [-0.25, -0.2) is 9.79 Å². The number of aromatic nitrogens is 4. The zero-order valence-corrected chi connectivity index (χ0v) is 36.6. The topological polar surface area (TPSA) is 202 Å². The molecule has 0 bridgehead atoms. The summed E-state index contributed by atoms with van der Waals surface area (Å²) in [4.78, 5) is 68.2. The van der Waals surface area contributed by atoms with Gasteiger partial charge in [-0.3, -0.25) is 14.4 Å². The third-order valence-electron chi connectivity index (χ3n) is 11.9. The number of piperazine rings is 1. The minimum atomic E-state index is -0.950. The SMILES string of the molecule is CC[C@H](C)[C@@H]([C@H](CC(=O)N1CCC[C@H]1[C@H](OC)[C@@H](C)C(=O)N[C@@H](Cc1ccccc1)c1nn[nH]n1)OC)N(C)C(=O)[C@@H](/N=C(/N(C)C)N1CCN(C(=O)O)CC1)C(C)C. The summed E-state index contributed by atoms with van der Waals surface area (Å²) in [5, 5.41) is 27.0. The number of hydrogen-bond acceptors (Lipinski definition) is 10. The molecular weight excluding hydrogens is 759 g/mol. The Kier molecular flexibility index (Phi) is 17.4. The predicted octanol–water partition coefficient (Wildman–Crippen LogP) is 2.76. The number of hydrogen-bond donors (Lipinski definition) is 3. The van der Waals surface area contributed by atoms with E-state index in [0.717, 1.165) is 18.4 Å². The number of amides is 4. The van der Waals surface area contributed by atoms with Crippen molar-refractivity contribution in [2.45, 2.75) is 103 Å². The van der Waals surface area contributed by atoms with Crippen LogP contribution in [0.25, 0.3) is 0 Å². The number of rotatable bonds is 18. The third kappa shape index (κ3) is 11.9. The average molecular weight is 826 g/mol. The molecule has 0 saturated carbocycles. The summed E-state index contributed by atoms with van der Waals surface area (Å²) in [5.74, 6) is -0.395. The lowest BCUT2D eigenvalue weighted by Crippen LogP contribution is -2.56. The van der Waals surface area contributed by atoms with Crippen molar-refractivity contribution in [2.24, 2.45) is 22.7 Å². The van der Waals surface area contributed by atoms with Gasteiger partial charge in [0.05, 0.1) is 42.7 Å². The van der Waals surface area contributed by atoms with E-state index in [-0.39, 0.29) is 42.0 Å². The molecule has 2 aliphatic rings. The van der Waals surface area contributed by atoms with Gasteiger partial charge in [-0.1, -0.05) is 76.6 Å². The molecule has 2 aromatic rings. The highest BCUT2D eigenvalue weighted by Crippen LogP contribution is 2.30. The van der Waals surface area contributed by atoms with E-state index in [9.17, 15) is 24.3 Å². The minimum Gasteiger partial charge on any atom is -0.465 e. The summed E-state index contributed by atoms with van der Waals surface area (Å²) in [6.07, 6.45) is 0.474. The molecule has 18 heteroatoms. The zero-order chi connectivity index (χ0) is 43.4. The van der Waals surface area contributed by atoms with Crippen molar-refractivity contribution < 1.29 is 33.8 Å². The third-order valence-corrected chi connectivity index (χ3v) is 11.9. The molecule has 2 aliphatic heterocycles. The Hall–Kier alpha value is -4.84. The molecular formula is C41H67N11O7. The van der Waals surface area contributed by atoms with Gasteiger partial charge < -0.3 is 44.4 Å². The lowest BCUT2D eigenvalue weighted by molar-refractivity contribution is -0.146. The van der Waals surface area contributed by atoms with Crippen LogP contribution in [0.15, 0.2) is 35.3 Å². The summed E-state index contributed by atoms with van der Waals surface area (Å²) in [6.45, 7) is 12.0. The number of aromatic amines is 1. The molecule has 1 aromatic carbocycles. The van der Waals surface area contributed by atoms with Crippen molar-refractivity contribution in [1.82, 2.24) is 50.4 Å². The van der Waals surface area contributed by atoms with Gasteiger partial charge in [-0.2, -0.15) is 5.21 Å². The van der Waals surface area contributed by atoms with Gasteiger partial charge in [-0.05, 0) is 30.2 Å². The molecule has 2 saturated heterocycles. The average Bonchev–Trinajstić information content (AvgIpc) is 3.94. The summed E-state index contributed by atoms with van der Waals surface area (Å²) in [7, 11) is 8.65. The van der Waals surface area contributed by atoms with Crippen molar-refractivity contribution >= 4 is 29.8 Å². The van der Waals surface area contributed by atoms with Crippen LogP contribution in [0, 0.1) is 17.8 Å². The highest BCUT2D eigenvalue weighted by Gasteiger charge is 2.43. The lowest BCUT2D eigenvalue weighted by Gasteiger charge is -2.41. The second kappa shape index (κ2) is 22.0. The molecule has 0 radical (unpaired) electrons. The van der Waals surface area contributed by atoms with Crippen molar-refractivity contribution in [2.75, 3.05) is 68.1 Å². The van der Waals surface area contributed by atoms with Gasteiger partial charge >= 0.3 is 6.09 Å². The van der Waals surface area contributed by atoms with Crippen LogP contribution < -0.4 is 5.32 Å². The molecule has 0 spiro atoms. The second-order valence-corrected chi connectivity index (χ2v) is 16.4. The molecule has 4 amide bonds. The normalized spacial score (nSPS) is 19.7. The van der Waals surface area contributed by atoms with Crippen LogP contribution in [0.1, 0.15) is 77.7 Å². The number of guanidine groups is 1. The number of H-pyrrole nitrogens is 1. The van der Waals surface area contributed by atoms with E-state index in [0.29, 0.717) is 57.3 Å². The highest BCUT2D eigenvalue weighted by atomic mass is 16.5. The molecule has 8 atom stereocenters. The van der Waals surface area contributed by atoms with Crippen LogP contribution in [-0.2, 0) is 30.3 Å². The smallest absolute Gasteiger partial charge is 0.407 e. The van der Waals surface area contributed by atoms with Crippen molar-refractivity contribution in [3.63, 3.8) is 0 Å². The van der Waals surface area contributed by atoms with Gasteiger partial charge in [0.1, 0.15) is 6.04 Å². The number of carboxylic acid groups (broad SMARTS) is 1. The molecule has 0 aliphatic carbocycles. The van der Waals surface area contributed by atoms with Crippen LogP contribution in [0.3, 0.4) is 0 Å². The number of likely N-dealkylation sites (tertiary alicyclic amines) is 1. The van der Waals surface area contributed by atoms with Crippen molar-refractivity contribution in [3.8, 4) is 0 Å². The lowest BCUT2D eigenvalue weighted by atomic mass is 9.89. The molecule has 2 fully saturated rings. The van der Waals surface area contributed by atoms with E-state index >= 15 is 0 Å². The first-order valence-electron chi connectivity index (χ1n) is 20.8. The number of aliphatic imine (C=N–C) groups is 1. The fourth-order valence-electron chi connectivity index (χ4n) is 8.38. The van der Waals surface area contributed by atoms with Gasteiger partial charge in [0, 0.05) is 74.5 Å². The zero-order valence-electron chi connectivity index (χ0n) is 36.6. The molecule has 59 heavy (non-hydrogen) atoms. The van der Waals surface area contributed by atoms with E-state index in [4.69, 9.17) is 14.5 Å². The number of carbonyl (C=O) groups excluding carboxylic acids is 3. The maximum atomic E-state index is 14.5. The number of nitrogens with one attached hydrogen (secondary N) is 2.